The Morgan fingerprint density at radius 3 is 2.48 bits per heavy atom. The largest absolute Gasteiger partial charge is 0.364 e. The molecule has 178 valence electrons. The summed E-state index contributed by atoms with van der Waals surface area (Å²) < 4.78 is 31.6. The van der Waals surface area contributed by atoms with Gasteiger partial charge >= 0.3 is 0 Å². The average Bonchev–Trinajstić information content (AvgIpc) is 3.25. The number of hydrogen-bond donors (Lipinski definition) is 1. The summed E-state index contributed by atoms with van der Waals surface area (Å²) >= 11 is 0. The first kappa shape index (κ1) is 26.3. The lowest BCUT2D eigenvalue weighted by Crippen LogP contribution is -2.54. The number of aliphatic imine (C=N–C) groups is 1. The predicted molar refractivity (Wildman–Crippen MR) is 133 cm³/mol. The van der Waals surface area contributed by atoms with Gasteiger partial charge in [0.25, 0.3) is 0 Å². The van der Waals surface area contributed by atoms with Crippen LogP contribution in [0.25, 0.3) is 0 Å². The maximum Gasteiger partial charge on any atom is 0.220 e. The number of aromatic nitrogens is 1. The normalized spacial score (nSPS) is 19.9. The zero-order chi connectivity index (χ0) is 21.4. The van der Waals surface area contributed by atoms with Crippen LogP contribution in [-0.2, 0) is 15.8 Å². The molecule has 0 saturated carbocycles. The van der Waals surface area contributed by atoms with Gasteiger partial charge in [-0.2, -0.15) is 4.31 Å². The number of guanidine groups is 1. The van der Waals surface area contributed by atoms with Crippen molar-refractivity contribution in [2.24, 2.45) is 10.9 Å². The van der Waals surface area contributed by atoms with Gasteiger partial charge in [0.1, 0.15) is 12.0 Å². The maximum absolute atomic E-state index is 12.6. The van der Waals surface area contributed by atoms with E-state index in [0.717, 1.165) is 19.0 Å². The lowest BCUT2D eigenvalue weighted by molar-refractivity contribution is 0.187. The molecule has 1 aromatic heterocycles. The molecule has 0 aromatic carbocycles. The third-order valence-corrected chi connectivity index (χ3v) is 7.65. The second-order valence-electron chi connectivity index (χ2n) is 8.11. The maximum atomic E-state index is 12.6. The second-order valence-corrected chi connectivity index (χ2v) is 10.1. The summed E-state index contributed by atoms with van der Waals surface area (Å²) in [5.74, 6) is 1.42. The molecule has 2 fully saturated rings. The van der Waals surface area contributed by atoms with E-state index in [1.807, 2.05) is 0 Å². The van der Waals surface area contributed by atoms with Crippen molar-refractivity contribution >= 4 is 40.0 Å². The molecule has 1 aromatic rings. The van der Waals surface area contributed by atoms with Crippen LogP contribution in [0.2, 0.25) is 0 Å². The fourth-order valence-electron chi connectivity index (χ4n) is 4.12. The fourth-order valence-corrected chi connectivity index (χ4v) is 5.54. The Morgan fingerprint density at radius 2 is 1.90 bits per heavy atom. The molecule has 0 spiro atoms. The quantitative estimate of drug-likeness (QED) is 0.291. The number of nitrogens with one attached hydrogen (secondary N) is 1. The molecule has 3 rings (SSSR count). The van der Waals surface area contributed by atoms with Crippen molar-refractivity contribution in [3.8, 4) is 0 Å². The molecule has 0 atom stereocenters. The highest BCUT2D eigenvalue weighted by molar-refractivity contribution is 14.0. The highest BCUT2D eigenvalue weighted by Gasteiger charge is 2.29. The molecular formula is C20H37IN6O3S. The van der Waals surface area contributed by atoms with Crippen LogP contribution in [-0.4, -0.2) is 92.5 Å². The van der Waals surface area contributed by atoms with Crippen molar-refractivity contribution in [1.29, 1.82) is 0 Å². The third-order valence-electron chi connectivity index (χ3n) is 5.83. The van der Waals surface area contributed by atoms with E-state index in [1.165, 1.54) is 45.2 Å². The Hall–Kier alpha value is -0.920. The number of halogens is 1. The van der Waals surface area contributed by atoms with E-state index in [4.69, 9.17) is 9.52 Å². The Kier molecular flexibility index (Phi) is 11.0. The molecule has 2 aliphatic rings. The van der Waals surface area contributed by atoms with Gasteiger partial charge < -0.3 is 19.6 Å². The topological polar surface area (TPSA) is 94.3 Å². The summed E-state index contributed by atoms with van der Waals surface area (Å²) in [6, 6.07) is 1.59. The number of rotatable bonds is 8. The third kappa shape index (κ3) is 7.86. The summed E-state index contributed by atoms with van der Waals surface area (Å²) in [5.41, 5.74) is 0.442. The molecular weight excluding hydrogens is 531 g/mol. The highest BCUT2D eigenvalue weighted by atomic mass is 127. The van der Waals surface area contributed by atoms with Crippen LogP contribution in [0.1, 0.15) is 38.8 Å². The molecule has 3 heterocycles. The van der Waals surface area contributed by atoms with Gasteiger partial charge in [0.2, 0.25) is 10.0 Å². The number of sulfonamides is 1. The van der Waals surface area contributed by atoms with E-state index in [-0.39, 0.29) is 29.7 Å². The van der Waals surface area contributed by atoms with Crippen LogP contribution >= 0.6 is 24.0 Å². The molecule has 0 radical (unpaired) electrons. The first-order chi connectivity index (χ1) is 14.5. The summed E-state index contributed by atoms with van der Waals surface area (Å²) in [4.78, 5) is 9.63. The van der Waals surface area contributed by atoms with Gasteiger partial charge in [0.15, 0.2) is 5.96 Å². The lowest BCUT2D eigenvalue weighted by Gasteiger charge is -2.36. The summed E-state index contributed by atoms with van der Waals surface area (Å²) in [6.07, 6.45) is 5.03. The van der Waals surface area contributed by atoms with Gasteiger partial charge in [-0.25, -0.2) is 8.42 Å². The lowest BCUT2D eigenvalue weighted by atomic mass is 9.97. The van der Waals surface area contributed by atoms with Crippen molar-refractivity contribution in [3.05, 3.63) is 18.0 Å². The van der Waals surface area contributed by atoms with Gasteiger partial charge in [0, 0.05) is 45.3 Å². The monoisotopic (exact) mass is 568 g/mol. The zero-order valence-electron chi connectivity index (χ0n) is 18.7. The molecule has 2 saturated heterocycles. The number of piperazine rings is 1. The second kappa shape index (κ2) is 12.9. The van der Waals surface area contributed by atoms with Gasteiger partial charge in [0.05, 0.1) is 5.69 Å². The van der Waals surface area contributed by atoms with Crippen LogP contribution < -0.4 is 5.32 Å². The fraction of sp³-hybridized carbons (Fsp3) is 0.800. The smallest absolute Gasteiger partial charge is 0.220 e. The van der Waals surface area contributed by atoms with E-state index < -0.39 is 10.0 Å². The van der Waals surface area contributed by atoms with Crippen molar-refractivity contribution < 1.29 is 12.9 Å². The summed E-state index contributed by atoms with van der Waals surface area (Å²) in [6.45, 7) is 11.7. The number of likely N-dealkylation sites (tertiary alicyclic amines) is 1. The molecule has 9 nitrogen and oxygen atoms in total. The molecule has 11 heteroatoms. The molecule has 0 bridgehead atoms. The van der Waals surface area contributed by atoms with E-state index in [9.17, 15) is 8.42 Å². The molecule has 0 unspecified atom stereocenters. The summed E-state index contributed by atoms with van der Waals surface area (Å²) in [7, 11) is -3.39. The first-order valence-electron chi connectivity index (χ1n) is 11.1. The number of piperidine rings is 1. The Labute approximate surface area is 203 Å². The van der Waals surface area contributed by atoms with Crippen LogP contribution in [0.4, 0.5) is 0 Å². The van der Waals surface area contributed by atoms with Crippen LogP contribution in [0.3, 0.4) is 0 Å². The van der Waals surface area contributed by atoms with E-state index in [0.29, 0.717) is 37.8 Å². The van der Waals surface area contributed by atoms with Crippen LogP contribution in [0.5, 0.6) is 0 Å². The van der Waals surface area contributed by atoms with Crippen molar-refractivity contribution in [1.82, 2.24) is 24.6 Å². The minimum atomic E-state index is -3.39. The predicted octanol–water partition coefficient (Wildman–Crippen LogP) is 1.83. The molecule has 0 aliphatic carbocycles. The van der Waals surface area contributed by atoms with Crippen LogP contribution in [0, 0.1) is 5.92 Å². The number of nitrogens with zero attached hydrogens (tertiary/aromatic N) is 5. The van der Waals surface area contributed by atoms with Gasteiger partial charge in [-0.05, 0) is 51.7 Å². The summed E-state index contributed by atoms with van der Waals surface area (Å²) in [5, 5.41) is 7.11. The highest BCUT2D eigenvalue weighted by Crippen LogP contribution is 2.18. The standard InChI is InChI=1S/C20H36N6O3S.HI/c1-3-8-24-9-5-18(6-10-24)16-22-20(21-4-2)25-11-13-26(14-12-25)30(27,28)17-19-7-15-29-23-19;/h7,15,18H,3-6,8-14,16-17H2,1-2H3,(H,21,22);1H. The zero-order valence-corrected chi connectivity index (χ0v) is 21.8. The van der Waals surface area contributed by atoms with E-state index in [2.05, 4.69) is 34.1 Å². The Morgan fingerprint density at radius 1 is 1.19 bits per heavy atom. The minimum Gasteiger partial charge on any atom is -0.364 e. The first-order valence-corrected chi connectivity index (χ1v) is 12.8. The molecule has 31 heavy (non-hydrogen) atoms. The van der Waals surface area contributed by atoms with Gasteiger partial charge in [-0.3, -0.25) is 4.99 Å². The Bertz CT molecular complexity index is 758. The van der Waals surface area contributed by atoms with E-state index in [1.54, 1.807) is 10.4 Å². The molecule has 1 N–H and O–H groups in total. The van der Waals surface area contributed by atoms with Crippen LogP contribution in [0.15, 0.2) is 21.8 Å². The van der Waals surface area contributed by atoms with Gasteiger partial charge in [-0.15, -0.1) is 24.0 Å². The number of hydrogen-bond acceptors (Lipinski definition) is 6. The molecule has 0 amide bonds. The van der Waals surface area contributed by atoms with Crippen molar-refractivity contribution in [2.75, 3.05) is 58.9 Å². The Balaban J connectivity index is 0.00000341. The molecule has 2 aliphatic heterocycles. The minimum absolute atomic E-state index is 0. The van der Waals surface area contributed by atoms with Gasteiger partial charge in [-0.1, -0.05) is 12.1 Å². The van der Waals surface area contributed by atoms with E-state index >= 15 is 0 Å². The SMILES string of the molecule is CCCN1CCC(CN=C(NCC)N2CCN(S(=O)(=O)Cc3ccon3)CC2)CC1.I. The van der Waals surface area contributed by atoms with Crippen molar-refractivity contribution in [3.63, 3.8) is 0 Å². The van der Waals surface area contributed by atoms with Crippen molar-refractivity contribution in [2.45, 2.75) is 38.9 Å². The average molecular weight is 569 g/mol.